The van der Waals surface area contributed by atoms with Crippen LogP contribution in [0.2, 0.25) is 0 Å². The van der Waals surface area contributed by atoms with Crippen molar-refractivity contribution >= 4 is 28.8 Å². The summed E-state index contributed by atoms with van der Waals surface area (Å²) < 4.78 is 5.51. The number of likely N-dealkylation sites (tertiary alicyclic amines) is 1. The van der Waals surface area contributed by atoms with Crippen LogP contribution in [0.3, 0.4) is 0 Å². The number of hydrogen-bond acceptors (Lipinski definition) is 6. The molecule has 3 aromatic rings. The number of rotatable bonds is 6. The van der Waals surface area contributed by atoms with E-state index in [-0.39, 0.29) is 17.9 Å². The van der Waals surface area contributed by atoms with Gasteiger partial charge in [-0.1, -0.05) is 24.3 Å². The molecule has 0 aliphatic carbocycles. The first kappa shape index (κ1) is 19.8. The Bertz CT molecular complexity index is 1090. The predicted octanol–water partition coefficient (Wildman–Crippen LogP) is 4.16. The molecular weight excluding hydrogens is 400 g/mol. The van der Waals surface area contributed by atoms with Crippen molar-refractivity contribution in [3.63, 3.8) is 0 Å². The highest BCUT2D eigenvalue weighted by Gasteiger charge is 2.46. The number of aromatic nitrogens is 1. The van der Waals surface area contributed by atoms with Gasteiger partial charge < -0.3 is 14.7 Å². The van der Waals surface area contributed by atoms with Gasteiger partial charge in [-0.05, 0) is 42.1 Å². The van der Waals surface area contributed by atoms with E-state index in [1.807, 2.05) is 30.5 Å². The van der Waals surface area contributed by atoms with Gasteiger partial charge in [-0.15, -0.1) is 11.3 Å². The van der Waals surface area contributed by atoms with Crippen LogP contribution in [0.4, 0.5) is 0 Å². The topological polar surface area (TPSA) is 79.7 Å². The van der Waals surface area contributed by atoms with Crippen LogP contribution >= 0.6 is 11.3 Å². The Labute approximate surface area is 178 Å². The molecule has 152 valence electrons. The zero-order valence-electron chi connectivity index (χ0n) is 16.3. The summed E-state index contributed by atoms with van der Waals surface area (Å²) in [5.74, 6) is -0.961. The van der Waals surface area contributed by atoms with Crippen molar-refractivity contribution in [1.29, 1.82) is 0 Å². The monoisotopic (exact) mass is 420 g/mol. The Morgan fingerprint density at radius 2 is 2.07 bits per heavy atom. The van der Waals surface area contributed by atoms with Crippen LogP contribution in [0.25, 0.3) is 5.76 Å². The van der Waals surface area contributed by atoms with Gasteiger partial charge in [-0.25, -0.2) is 0 Å². The molecule has 6 nitrogen and oxygen atoms in total. The second kappa shape index (κ2) is 8.51. The fourth-order valence-corrected chi connectivity index (χ4v) is 4.37. The van der Waals surface area contributed by atoms with Gasteiger partial charge in [0.2, 0.25) is 0 Å². The first-order chi connectivity index (χ1) is 14.6. The van der Waals surface area contributed by atoms with Gasteiger partial charge in [-0.3, -0.25) is 14.6 Å². The molecule has 2 aromatic heterocycles. The number of ketones is 1. The number of amides is 1. The lowest BCUT2D eigenvalue weighted by Crippen LogP contribution is -2.28. The smallest absolute Gasteiger partial charge is 0.295 e. The van der Waals surface area contributed by atoms with Crippen molar-refractivity contribution in [2.75, 3.05) is 6.61 Å². The van der Waals surface area contributed by atoms with Crippen LogP contribution in [0.5, 0.6) is 5.75 Å². The molecule has 7 heteroatoms. The lowest BCUT2D eigenvalue weighted by Gasteiger charge is -2.24. The fraction of sp³-hybridized carbons (Fsp3) is 0.174. The molecule has 0 saturated carbocycles. The number of carbonyl (C=O) groups excluding carboxylic acids is 2. The molecule has 30 heavy (non-hydrogen) atoms. The van der Waals surface area contributed by atoms with Gasteiger partial charge in [0.1, 0.15) is 11.5 Å². The molecule has 4 rings (SSSR count). The third-order valence-corrected chi connectivity index (χ3v) is 5.77. The summed E-state index contributed by atoms with van der Waals surface area (Å²) in [6.45, 7) is 2.57. The molecule has 1 aromatic carbocycles. The highest BCUT2D eigenvalue weighted by Crippen LogP contribution is 2.42. The number of aliphatic hydroxyl groups excluding tert-OH is 1. The lowest BCUT2D eigenvalue weighted by molar-refractivity contribution is -0.140. The minimum atomic E-state index is -0.698. The average Bonchev–Trinajstić information content (AvgIpc) is 3.37. The van der Waals surface area contributed by atoms with E-state index >= 15 is 0 Å². The van der Waals surface area contributed by atoms with E-state index in [0.29, 0.717) is 17.9 Å². The van der Waals surface area contributed by atoms with Gasteiger partial charge in [0.15, 0.2) is 0 Å². The Hall–Kier alpha value is -3.45. The van der Waals surface area contributed by atoms with Gasteiger partial charge in [0.05, 0.1) is 18.2 Å². The van der Waals surface area contributed by atoms with Crippen LogP contribution in [0, 0.1) is 0 Å². The van der Waals surface area contributed by atoms with Crippen LogP contribution < -0.4 is 4.74 Å². The lowest BCUT2D eigenvalue weighted by atomic mass is 9.99. The molecule has 0 spiro atoms. The molecule has 1 atom stereocenters. The summed E-state index contributed by atoms with van der Waals surface area (Å²) in [4.78, 5) is 32.3. The van der Waals surface area contributed by atoms with Crippen molar-refractivity contribution in [2.45, 2.75) is 19.5 Å². The van der Waals surface area contributed by atoms with E-state index in [9.17, 15) is 14.7 Å². The van der Waals surface area contributed by atoms with Crippen molar-refractivity contribution in [1.82, 2.24) is 9.88 Å². The highest BCUT2D eigenvalue weighted by molar-refractivity contribution is 7.10. The van der Waals surface area contributed by atoms with Crippen LogP contribution in [-0.2, 0) is 16.1 Å². The average molecular weight is 420 g/mol. The number of hydrogen-bond donors (Lipinski definition) is 1. The molecule has 0 bridgehead atoms. The number of benzene rings is 1. The summed E-state index contributed by atoms with van der Waals surface area (Å²) in [5, 5.41) is 13.0. The van der Waals surface area contributed by atoms with Crippen LogP contribution in [0.15, 0.2) is 71.9 Å². The zero-order chi connectivity index (χ0) is 21.1. The standard InChI is InChI=1S/C23H20N2O4S/c1-2-29-17-8-3-7-16(12-17)21(26)19-20(18-9-5-11-30-18)25(23(28)22(19)27)14-15-6-4-10-24-13-15/h3-13,20,26H,2,14H2,1H3/b21-19-. The maximum atomic E-state index is 13.0. The Kier molecular flexibility index (Phi) is 5.63. The maximum Gasteiger partial charge on any atom is 0.295 e. The molecule has 1 fully saturated rings. The van der Waals surface area contributed by atoms with Crippen molar-refractivity contribution in [3.8, 4) is 5.75 Å². The van der Waals surface area contributed by atoms with Gasteiger partial charge in [0.25, 0.3) is 11.7 Å². The molecular formula is C23H20N2O4S. The number of nitrogens with zero attached hydrogens (tertiary/aromatic N) is 2. The SMILES string of the molecule is CCOc1cccc(/C(O)=C2/C(=O)C(=O)N(Cc3cccnc3)C2c2cccs2)c1. The van der Waals surface area contributed by atoms with E-state index in [1.165, 1.54) is 16.2 Å². The van der Waals surface area contributed by atoms with Crippen molar-refractivity contribution in [3.05, 3.63) is 87.9 Å². The molecule has 3 heterocycles. The first-order valence-electron chi connectivity index (χ1n) is 9.54. The van der Waals surface area contributed by atoms with Crippen LogP contribution in [0.1, 0.15) is 29.0 Å². The Morgan fingerprint density at radius 1 is 1.20 bits per heavy atom. The molecule has 1 amide bonds. The summed E-state index contributed by atoms with van der Waals surface area (Å²) in [5.41, 5.74) is 1.32. The van der Waals surface area contributed by atoms with E-state index in [2.05, 4.69) is 4.98 Å². The number of aliphatic hydroxyl groups is 1. The van der Waals surface area contributed by atoms with Crippen LogP contribution in [-0.4, -0.2) is 33.3 Å². The number of pyridine rings is 1. The summed E-state index contributed by atoms with van der Waals surface area (Å²) >= 11 is 1.43. The predicted molar refractivity (Wildman–Crippen MR) is 114 cm³/mol. The normalized spacial score (nSPS) is 18.0. The van der Waals surface area contributed by atoms with E-state index in [0.717, 1.165) is 10.4 Å². The van der Waals surface area contributed by atoms with Crippen molar-refractivity contribution < 1.29 is 19.4 Å². The summed E-state index contributed by atoms with van der Waals surface area (Å²) in [6.07, 6.45) is 3.32. The van der Waals surface area contributed by atoms with Gasteiger partial charge >= 0.3 is 0 Å². The third kappa shape index (κ3) is 3.71. The molecule has 1 N–H and O–H groups in total. The first-order valence-corrected chi connectivity index (χ1v) is 10.4. The summed E-state index contributed by atoms with van der Waals surface area (Å²) in [6, 6.07) is 13.6. The quantitative estimate of drug-likeness (QED) is 0.368. The molecule has 1 aliphatic heterocycles. The number of ether oxygens (including phenoxy) is 1. The molecule has 1 unspecified atom stereocenters. The number of carbonyl (C=O) groups is 2. The van der Waals surface area contributed by atoms with E-state index < -0.39 is 17.7 Å². The Balaban J connectivity index is 1.81. The van der Waals surface area contributed by atoms with Crippen molar-refractivity contribution in [2.24, 2.45) is 0 Å². The molecule has 0 radical (unpaired) electrons. The molecule has 1 saturated heterocycles. The fourth-order valence-electron chi connectivity index (χ4n) is 3.53. The van der Waals surface area contributed by atoms with E-state index in [1.54, 1.807) is 42.7 Å². The van der Waals surface area contributed by atoms with E-state index in [4.69, 9.17) is 4.74 Å². The number of thiophene rings is 1. The third-order valence-electron chi connectivity index (χ3n) is 4.85. The number of Topliss-reactive ketones (excluding diaryl/α,β-unsaturated/α-hetero) is 1. The second-order valence-electron chi connectivity index (χ2n) is 6.76. The summed E-state index contributed by atoms with van der Waals surface area (Å²) in [7, 11) is 0. The van der Waals surface area contributed by atoms with Gasteiger partial charge in [-0.2, -0.15) is 0 Å². The van der Waals surface area contributed by atoms with Gasteiger partial charge in [0, 0.05) is 29.4 Å². The minimum absolute atomic E-state index is 0.0833. The zero-order valence-corrected chi connectivity index (χ0v) is 17.1. The minimum Gasteiger partial charge on any atom is -0.507 e. The highest BCUT2D eigenvalue weighted by atomic mass is 32.1. The molecule has 1 aliphatic rings. The maximum absolute atomic E-state index is 13.0. The Morgan fingerprint density at radius 3 is 2.77 bits per heavy atom. The second-order valence-corrected chi connectivity index (χ2v) is 7.74. The largest absolute Gasteiger partial charge is 0.507 e.